The molecule has 1 spiro atoms. The van der Waals surface area contributed by atoms with Gasteiger partial charge in [-0.15, -0.1) is 0 Å². The summed E-state index contributed by atoms with van der Waals surface area (Å²) in [5.41, 5.74) is 0. The molecule has 0 radical (unpaired) electrons. The van der Waals surface area contributed by atoms with E-state index >= 15 is 0 Å². The van der Waals surface area contributed by atoms with Gasteiger partial charge in [-0.3, -0.25) is 13.9 Å². The van der Waals surface area contributed by atoms with Crippen molar-refractivity contribution in [3.63, 3.8) is 0 Å². The Hall–Kier alpha value is -0.740. The molecule has 3 aliphatic rings. The van der Waals surface area contributed by atoms with Gasteiger partial charge < -0.3 is 14.2 Å². The Labute approximate surface area is 161 Å². The molecule has 156 valence electrons. The van der Waals surface area contributed by atoms with E-state index in [1.807, 2.05) is 0 Å². The van der Waals surface area contributed by atoms with E-state index in [1.165, 1.54) is 0 Å². The molecule has 4 atom stereocenters. The number of ether oxygens (including phenoxy) is 3. The Bertz CT molecular complexity index is 632. The Morgan fingerprint density at radius 2 is 1.96 bits per heavy atom. The van der Waals surface area contributed by atoms with E-state index in [4.69, 9.17) is 18.4 Å². The lowest BCUT2D eigenvalue weighted by Crippen LogP contribution is -2.62. The fourth-order valence-corrected chi connectivity index (χ4v) is 5.54. The third kappa shape index (κ3) is 4.64. The van der Waals surface area contributed by atoms with Gasteiger partial charge >= 0.3 is 5.97 Å². The molecule has 8 nitrogen and oxygen atoms in total. The van der Waals surface area contributed by atoms with Gasteiger partial charge in [-0.2, -0.15) is 8.42 Å². The van der Waals surface area contributed by atoms with Crippen LogP contribution in [0.4, 0.5) is 0 Å². The van der Waals surface area contributed by atoms with Crippen LogP contribution in [0.1, 0.15) is 39.5 Å². The van der Waals surface area contributed by atoms with Crippen molar-refractivity contribution in [2.45, 2.75) is 57.5 Å². The van der Waals surface area contributed by atoms with E-state index in [1.54, 1.807) is 6.92 Å². The van der Waals surface area contributed by atoms with E-state index in [0.29, 0.717) is 26.2 Å². The smallest absolute Gasteiger partial charge is 0.312 e. The minimum absolute atomic E-state index is 0.140. The van der Waals surface area contributed by atoms with E-state index in [9.17, 15) is 13.2 Å². The molecule has 4 unspecified atom stereocenters. The molecule has 0 bridgehead atoms. The maximum Gasteiger partial charge on any atom is 0.312 e. The highest BCUT2D eigenvalue weighted by Crippen LogP contribution is 2.46. The fraction of sp³-hybridized carbons (Fsp3) is 0.944. The van der Waals surface area contributed by atoms with Crippen LogP contribution >= 0.6 is 0 Å². The number of piperidine rings is 1. The van der Waals surface area contributed by atoms with Gasteiger partial charge in [-0.1, -0.05) is 6.92 Å². The van der Waals surface area contributed by atoms with Gasteiger partial charge in [0.1, 0.15) is 0 Å². The van der Waals surface area contributed by atoms with Crippen molar-refractivity contribution in [2.24, 2.45) is 11.8 Å². The molecule has 2 heterocycles. The molecular weight excluding hydrogens is 374 g/mol. The quantitative estimate of drug-likeness (QED) is 0.480. The maximum atomic E-state index is 12.6. The summed E-state index contributed by atoms with van der Waals surface area (Å²) in [7, 11) is -3.73. The predicted octanol–water partition coefficient (Wildman–Crippen LogP) is 1.15. The van der Waals surface area contributed by atoms with E-state index in [-0.39, 0.29) is 18.6 Å². The summed E-state index contributed by atoms with van der Waals surface area (Å²) < 4.78 is 46.4. The van der Waals surface area contributed by atoms with Crippen molar-refractivity contribution in [2.75, 3.05) is 39.2 Å². The highest BCUT2D eigenvalue weighted by molar-refractivity contribution is 7.86. The predicted molar refractivity (Wildman–Crippen MR) is 97.5 cm³/mol. The average molecular weight is 406 g/mol. The lowest BCUT2D eigenvalue weighted by Gasteiger charge is -2.53. The molecule has 0 aromatic heterocycles. The van der Waals surface area contributed by atoms with Crippen LogP contribution in [0.2, 0.25) is 0 Å². The molecule has 0 aromatic carbocycles. The second-order valence-corrected chi connectivity index (χ2v) is 9.30. The molecule has 2 saturated heterocycles. The number of rotatable bonds is 6. The van der Waals surface area contributed by atoms with Gasteiger partial charge in [-0.05, 0) is 26.3 Å². The molecule has 1 saturated carbocycles. The van der Waals surface area contributed by atoms with E-state index in [0.717, 1.165) is 32.1 Å². The first kappa shape index (κ1) is 21.0. The number of esters is 1. The summed E-state index contributed by atoms with van der Waals surface area (Å²) in [6, 6.07) is 0.140. The Balaban J connectivity index is 1.93. The fourth-order valence-electron chi connectivity index (χ4n) is 4.86. The molecular formula is C18H31NO7S. The average Bonchev–Trinajstić information content (AvgIpc) is 3.04. The van der Waals surface area contributed by atoms with Crippen LogP contribution in [0.3, 0.4) is 0 Å². The standard InChI is InChI=1S/C18H31NO7S/c1-4-8-19-12-14(17(20)23-5-2)16(26-27(3,21)22)13-11-18(7-6-15(13)19)24-9-10-25-18/h13-16H,4-12H2,1-3H3. The Kier molecular flexibility index (Phi) is 6.47. The van der Waals surface area contributed by atoms with Gasteiger partial charge in [0.2, 0.25) is 0 Å². The maximum absolute atomic E-state index is 12.6. The van der Waals surface area contributed by atoms with Gasteiger partial charge in [0, 0.05) is 31.3 Å². The first-order valence-corrected chi connectivity index (χ1v) is 11.7. The molecule has 2 aliphatic heterocycles. The Morgan fingerprint density at radius 3 is 2.56 bits per heavy atom. The number of hydrogen-bond acceptors (Lipinski definition) is 8. The van der Waals surface area contributed by atoms with E-state index < -0.39 is 33.9 Å². The van der Waals surface area contributed by atoms with Crippen molar-refractivity contribution in [1.29, 1.82) is 0 Å². The first-order chi connectivity index (χ1) is 12.8. The lowest BCUT2D eigenvalue weighted by atomic mass is 9.70. The molecule has 3 fully saturated rings. The Morgan fingerprint density at radius 1 is 1.26 bits per heavy atom. The monoisotopic (exact) mass is 405 g/mol. The molecule has 27 heavy (non-hydrogen) atoms. The highest BCUT2D eigenvalue weighted by Gasteiger charge is 2.55. The SMILES string of the molecule is CCCN1CC(C(=O)OCC)C(OS(C)(=O)=O)C2CC3(CCC21)OCCO3. The summed E-state index contributed by atoms with van der Waals surface area (Å²) in [5, 5.41) is 0. The van der Waals surface area contributed by atoms with Gasteiger partial charge in [0.15, 0.2) is 5.79 Å². The largest absolute Gasteiger partial charge is 0.466 e. The minimum Gasteiger partial charge on any atom is -0.466 e. The van der Waals surface area contributed by atoms with Crippen LogP contribution in [-0.4, -0.2) is 76.4 Å². The van der Waals surface area contributed by atoms with Crippen LogP contribution in [0.25, 0.3) is 0 Å². The molecule has 0 aromatic rings. The number of likely N-dealkylation sites (tertiary alicyclic amines) is 1. The van der Waals surface area contributed by atoms with Crippen molar-refractivity contribution < 1.29 is 31.6 Å². The number of hydrogen-bond donors (Lipinski definition) is 0. The molecule has 0 amide bonds. The number of carbonyl (C=O) groups excluding carboxylic acids is 1. The topological polar surface area (TPSA) is 91.4 Å². The minimum atomic E-state index is -3.73. The van der Waals surface area contributed by atoms with Gasteiger partial charge in [-0.25, -0.2) is 0 Å². The number of nitrogens with zero attached hydrogens (tertiary/aromatic N) is 1. The summed E-state index contributed by atoms with van der Waals surface area (Å²) in [5.74, 6) is -1.92. The van der Waals surface area contributed by atoms with Crippen LogP contribution in [0.15, 0.2) is 0 Å². The van der Waals surface area contributed by atoms with Crippen molar-refractivity contribution >= 4 is 16.1 Å². The zero-order chi connectivity index (χ0) is 19.7. The van der Waals surface area contributed by atoms with Crippen molar-refractivity contribution in [3.8, 4) is 0 Å². The summed E-state index contributed by atoms with van der Waals surface area (Å²) in [4.78, 5) is 14.9. The summed E-state index contributed by atoms with van der Waals surface area (Å²) in [6.45, 7) is 6.46. The molecule has 9 heteroatoms. The molecule has 3 rings (SSSR count). The first-order valence-electron chi connectivity index (χ1n) is 9.85. The van der Waals surface area contributed by atoms with Crippen molar-refractivity contribution in [1.82, 2.24) is 4.90 Å². The highest BCUT2D eigenvalue weighted by atomic mass is 32.2. The van der Waals surface area contributed by atoms with Crippen molar-refractivity contribution in [3.05, 3.63) is 0 Å². The summed E-state index contributed by atoms with van der Waals surface area (Å²) in [6.07, 6.45) is 3.34. The van der Waals surface area contributed by atoms with Gasteiger partial charge in [0.25, 0.3) is 10.1 Å². The van der Waals surface area contributed by atoms with Gasteiger partial charge in [0.05, 0.1) is 38.1 Å². The zero-order valence-corrected chi connectivity index (χ0v) is 17.2. The van der Waals surface area contributed by atoms with E-state index in [2.05, 4.69) is 11.8 Å². The normalized spacial score (nSPS) is 33.7. The number of carbonyl (C=O) groups is 1. The third-order valence-electron chi connectivity index (χ3n) is 5.78. The second kappa shape index (κ2) is 8.32. The summed E-state index contributed by atoms with van der Waals surface area (Å²) >= 11 is 0. The number of fused-ring (bicyclic) bond motifs is 1. The third-order valence-corrected chi connectivity index (χ3v) is 6.35. The molecule has 1 aliphatic carbocycles. The van der Waals surface area contributed by atoms with Crippen LogP contribution < -0.4 is 0 Å². The van der Waals surface area contributed by atoms with Crippen LogP contribution in [0, 0.1) is 11.8 Å². The second-order valence-electron chi connectivity index (χ2n) is 7.70. The van der Waals surface area contributed by atoms with Crippen LogP contribution in [-0.2, 0) is 33.3 Å². The lowest BCUT2D eigenvalue weighted by molar-refractivity contribution is -0.217. The van der Waals surface area contributed by atoms with Crippen LogP contribution in [0.5, 0.6) is 0 Å². The molecule has 0 N–H and O–H groups in total. The zero-order valence-electron chi connectivity index (χ0n) is 16.4.